The molecule has 0 N–H and O–H groups in total. The number of aromatic nitrogens is 2. The van der Waals surface area contributed by atoms with Gasteiger partial charge in [0.05, 0.1) is 4.92 Å². The van der Waals surface area contributed by atoms with Crippen molar-refractivity contribution in [1.29, 1.82) is 0 Å². The predicted octanol–water partition coefficient (Wildman–Crippen LogP) is 5.04. The number of non-ortho nitro benzene ring substituents is 1. The Labute approximate surface area is 145 Å². The van der Waals surface area contributed by atoms with Gasteiger partial charge in [0.1, 0.15) is 0 Å². The Morgan fingerprint density at radius 2 is 1.68 bits per heavy atom. The number of nitro benzene ring substituents is 1. The largest absolute Gasteiger partial charge is 0.334 e. The van der Waals surface area contributed by atoms with Crippen LogP contribution < -0.4 is 0 Å². The molecule has 0 saturated heterocycles. The SMILES string of the molecule is CCCCCc1ccc(-c2noc(-c3ccc([N+](=O)[O-])cc3)n2)cc1. The van der Waals surface area contributed by atoms with E-state index in [2.05, 4.69) is 29.2 Å². The second-order valence-electron chi connectivity index (χ2n) is 5.88. The first-order chi connectivity index (χ1) is 12.2. The molecule has 2 aromatic carbocycles. The van der Waals surface area contributed by atoms with Gasteiger partial charge in [-0.05, 0) is 30.5 Å². The maximum Gasteiger partial charge on any atom is 0.269 e. The van der Waals surface area contributed by atoms with Crippen molar-refractivity contribution in [1.82, 2.24) is 10.1 Å². The molecule has 0 aliphatic rings. The van der Waals surface area contributed by atoms with Crippen molar-refractivity contribution in [2.45, 2.75) is 32.6 Å². The van der Waals surface area contributed by atoms with Crippen molar-refractivity contribution >= 4 is 5.69 Å². The third kappa shape index (κ3) is 4.09. The number of hydrogen-bond acceptors (Lipinski definition) is 5. The van der Waals surface area contributed by atoms with Gasteiger partial charge in [-0.25, -0.2) is 0 Å². The molecule has 0 bridgehead atoms. The Kier molecular flexibility index (Phi) is 5.18. The minimum absolute atomic E-state index is 0.0298. The van der Waals surface area contributed by atoms with Crippen LogP contribution in [0.5, 0.6) is 0 Å². The molecular formula is C19H19N3O3. The van der Waals surface area contributed by atoms with Gasteiger partial charge < -0.3 is 4.52 Å². The highest BCUT2D eigenvalue weighted by molar-refractivity contribution is 5.61. The molecule has 3 rings (SSSR count). The van der Waals surface area contributed by atoms with Gasteiger partial charge in [-0.15, -0.1) is 0 Å². The standard InChI is InChI=1S/C19H19N3O3/c1-2-3-4-5-14-6-8-15(9-7-14)18-20-19(25-21-18)16-10-12-17(13-11-16)22(23)24/h6-13H,2-5H2,1H3. The maximum absolute atomic E-state index is 10.7. The number of aryl methyl sites for hydroxylation is 1. The molecule has 3 aromatic rings. The van der Waals surface area contributed by atoms with Gasteiger partial charge >= 0.3 is 0 Å². The summed E-state index contributed by atoms with van der Waals surface area (Å²) in [5.41, 5.74) is 2.87. The molecule has 1 aromatic heterocycles. The van der Waals surface area contributed by atoms with Crippen molar-refractivity contribution in [2.24, 2.45) is 0 Å². The Balaban J connectivity index is 1.73. The molecule has 0 aliphatic heterocycles. The Bertz CT molecular complexity index is 839. The van der Waals surface area contributed by atoms with Gasteiger partial charge in [-0.3, -0.25) is 10.1 Å². The molecule has 128 valence electrons. The van der Waals surface area contributed by atoms with Crippen LogP contribution >= 0.6 is 0 Å². The van der Waals surface area contributed by atoms with E-state index in [0.29, 0.717) is 17.3 Å². The van der Waals surface area contributed by atoms with E-state index < -0.39 is 4.92 Å². The van der Waals surface area contributed by atoms with Crippen LogP contribution in [0.2, 0.25) is 0 Å². The minimum atomic E-state index is -0.439. The summed E-state index contributed by atoms with van der Waals surface area (Å²) in [4.78, 5) is 14.6. The molecule has 25 heavy (non-hydrogen) atoms. The molecule has 0 radical (unpaired) electrons. The van der Waals surface area contributed by atoms with Gasteiger partial charge in [0.2, 0.25) is 5.82 Å². The topological polar surface area (TPSA) is 82.1 Å². The summed E-state index contributed by atoms with van der Waals surface area (Å²) in [7, 11) is 0. The Hall–Kier alpha value is -3.02. The van der Waals surface area contributed by atoms with E-state index in [1.165, 1.54) is 37.0 Å². The molecule has 0 fully saturated rings. The van der Waals surface area contributed by atoms with Crippen LogP contribution in [0.4, 0.5) is 5.69 Å². The Morgan fingerprint density at radius 3 is 2.32 bits per heavy atom. The molecule has 0 amide bonds. The molecule has 1 heterocycles. The third-order valence-electron chi connectivity index (χ3n) is 4.03. The summed E-state index contributed by atoms with van der Waals surface area (Å²) in [5, 5.41) is 14.7. The number of rotatable bonds is 7. The highest BCUT2D eigenvalue weighted by Crippen LogP contribution is 2.24. The summed E-state index contributed by atoms with van der Waals surface area (Å²) in [5.74, 6) is 0.852. The van der Waals surface area contributed by atoms with Crippen LogP contribution in [0, 0.1) is 10.1 Å². The number of unbranched alkanes of at least 4 members (excludes halogenated alkanes) is 2. The second-order valence-corrected chi connectivity index (χ2v) is 5.88. The van der Waals surface area contributed by atoms with Crippen molar-refractivity contribution in [3.63, 3.8) is 0 Å². The highest BCUT2D eigenvalue weighted by Gasteiger charge is 2.12. The number of benzene rings is 2. The van der Waals surface area contributed by atoms with Crippen molar-refractivity contribution < 1.29 is 9.45 Å². The normalized spacial score (nSPS) is 10.8. The molecule has 0 aliphatic carbocycles. The highest BCUT2D eigenvalue weighted by atomic mass is 16.6. The number of nitrogens with zero attached hydrogens (tertiary/aromatic N) is 3. The lowest BCUT2D eigenvalue weighted by Crippen LogP contribution is -1.88. The summed E-state index contributed by atoms with van der Waals surface area (Å²) >= 11 is 0. The first-order valence-corrected chi connectivity index (χ1v) is 8.35. The zero-order chi connectivity index (χ0) is 17.6. The molecular weight excluding hydrogens is 318 g/mol. The minimum Gasteiger partial charge on any atom is -0.334 e. The number of hydrogen-bond donors (Lipinski definition) is 0. The van der Waals surface area contributed by atoms with Crippen LogP contribution in [-0.4, -0.2) is 15.1 Å². The summed E-state index contributed by atoms with van der Waals surface area (Å²) in [6, 6.07) is 14.2. The van der Waals surface area contributed by atoms with Gasteiger partial charge in [0.15, 0.2) is 0 Å². The van der Waals surface area contributed by atoms with Gasteiger partial charge in [-0.2, -0.15) is 4.98 Å². The second kappa shape index (κ2) is 7.70. The smallest absolute Gasteiger partial charge is 0.269 e. The average molecular weight is 337 g/mol. The van der Waals surface area contributed by atoms with E-state index in [4.69, 9.17) is 4.52 Å². The van der Waals surface area contributed by atoms with Crippen LogP contribution in [0.3, 0.4) is 0 Å². The Morgan fingerprint density at radius 1 is 1.00 bits per heavy atom. The van der Waals surface area contributed by atoms with Crippen LogP contribution in [0.25, 0.3) is 22.8 Å². The first kappa shape index (κ1) is 16.8. The molecule has 0 unspecified atom stereocenters. The van der Waals surface area contributed by atoms with E-state index >= 15 is 0 Å². The van der Waals surface area contributed by atoms with Crippen molar-refractivity contribution in [3.8, 4) is 22.8 Å². The lowest BCUT2D eigenvalue weighted by Gasteiger charge is -2.01. The van der Waals surface area contributed by atoms with E-state index in [0.717, 1.165) is 12.0 Å². The fraction of sp³-hybridized carbons (Fsp3) is 0.263. The fourth-order valence-electron chi connectivity index (χ4n) is 2.58. The molecule has 0 spiro atoms. The predicted molar refractivity (Wildman–Crippen MR) is 95.1 cm³/mol. The summed E-state index contributed by atoms with van der Waals surface area (Å²) < 4.78 is 5.28. The zero-order valence-corrected chi connectivity index (χ0v) is 14.0. The molecule has 0 saturated carbocycles. The fourth-order valence-corrected chi connectivity index (χ4v) is 2.58. The van der Waals surface area contributed by atoms with Crippen molar-refractivity contribution in [2.75, 3.05) is 0 Å². The summed E-state index contributed by atoms with van der Waals surface area (Å²) in [6.45, 7) is 2.20. The average Bonchev–Trinajstić information content (AvgIpc) is 3.13. The lowest BCUT2D eigenvalue weighted by atomic mass is 10.1. The van der Waals surface area contributed by atoms with E-state index in [1.54, 1.807) is 12.1 Å². The zero-order valence-electron chi connectivity index (χ0n) is 14.0. The maximum atomic E-state index is 10.7. The third-order valence-corrected chi connectivity index (χ3v) is 4.03. The summed E-state index contributed by atoms with van der Waals surface area (Å²) in [6.07, 6.45) is 4.73. The quantitative estimate of drug-likeness (QED) is 0.342. The first-order valence-electron chi connectivity index (χ1n) is 8.35. The van der Waals surface area contributed by atoms with Gasteiger partial charge in [0, 0.05) is 23.3 Å². The van der Waals surface area contributed by atoms with E-state index in [1.807, 2.05) is 12.1 Å². The van der Waals surface area contributed by atoms with Gasteiger partial charge in [0.25, 0.3) is 11.6 Å². The molecule has 6 heteroatoms. The van der Waals surface area contributed by atoms with Crippen LogP contribution in [0.15, 0.2) is 53.1 Å². The lowest BCUT2D eigenvalue weighted by molar-refractivity contribution is -0.384. The monoisotopic (exact) mass is 337 g/mol. The molecule has 0 atom stereocenters. The number of nitro groups is 1. The van der Waals surface area contributed by atoms with E-state index in [-0.39, 0.29) is 5.69 Å². The molecule has 6 nitrogen and oxygen atoms in total. The van der Waals surface area contributed by atoms with Crippen LogP contribution in [0.1, 0.15) is 31.7 Å². The van der Waals surface area contributed by atoms with Crippen molar-refractivity contribution in [3.05, 3.63) is 64.2 Å². The van der Waals surface area contributed by atoms with Gasteiger partial charge in [-0.1, -0.05) is 49.2 Å². The van der Waals surface area contributed by atoms with E-state index in [9.17, 15) is 10.1 Å². The van der Waals surface area contributed by atoms with Crippen LogP contribution in [-0.2, 0) is 6.42 Å².